The fourth-order valence-electron chi connectivity index (χ4n) is 3.49. The number of carbonyl (C=O) groups is 3. The maximum absolute atomic E-state index is 12.4. The first-order valence-electron chi connectivity index (χ1n) is 8.28. The van der Waals surface area contributed by atoms with Crippen LogP contribution in [0.3, 0.4) is 0 Å². The number of fused-ring (bicyclic) bond motifs is 1. The first kappa shape index (κ1) is 15.7. The SMILES string of the molecule is C[C@@H]1CCCC[C@H]1NC(=O)CN1C(=O)Cc2ccccc2C1=O. The Bertz CT molecular complexity index is 641. The summed E-state index contributed by atoms with van der Waals surface area (Å²) in [6.07, 6.45) is 4.57. The van der Waals surface area contributed by atoms with Gasteiger partial charge in [0.1, 0.15) is 6.54 Å². The third kappa shape index (κ3) is 3.28. The molecule has 0 aromatic heterocycles. The van der Waals surface area contributed by atoms with Gasteiger partial charge < -0.3 is 5.32 Å². The average Bonchev–Trinajstić information content (AvgIpc) is 2.54. The van der Waals surface area contributed by atoms with Gasteiger partial charge in [-0.05, 0) is 30.4 Å². The molecule has 1 fully saturated rings. The lowest BCUT2D eigenvalue weighted by atomic mass is 9.86. The number of nitrogens with one attached hydrogen (secondary N) is 1. The fourth-order valence-corrected chi connectivity index (χ4v) is 3.49. The van der Waals surface area contributed by atoms with Crippen molar-refractivity contribution in [2.24, 2.45) is 5.92 Å². The third-order valence-corrected chi connectivity index (χ3v) is 4.90. The summed E-state index contributed by atoms with van der Waals surface area (Å²) in [5, 5.41) is 3.00. The molecule has 1 aliphatic heterocycles. The van der Waals surface area contributed by atoms with Gasteiger partial charge in [0, 0.05) is 11.6 Å². The summed E-state index contributed by atoms with van der Waals surface area (Å²) in [6, 6.07) is 7.23. The van der Waals surface area contributed by atoms with Crippen molar-refractivity contribution in [2.75, 3.05) is 6.54 Å². The monoisotopic (exact) mass is 314 g/mol. The normalized spacial score (nSPS) is 24.3. The van der Waals surface area contributed by atoms with Crippen LogP contribution in [-0.4, -0.2) is 35.2 Å². The Labute approximate surface area is 136 Å². The molecule has 0 unspecified atom stereocenters. The van der Waals surface area contributed by atoms with Crippen molar-refractivity contribution >= 4 is 17.7 Å². The largest absolute Gasteiger partial charge is 0.352 e. The lowest BCUT2D eigenvalue weighted by Crippen LogP contribution is -2.50. The zero-order valence-electron chi connectivity index (χ0n) is 13.4. The first-order chi connectivity index (χ1) is 11.1. The van der Waals surface area contributed by atoms with Crippen LogP contribution in [0.2, 0.25) is 0 Å². The van der Waals surface area contributed by atoms with Crippen molar-refractivity contribution < 1.29 is 14.4 Å². The summed E-state index contributed by atoms with van der Waals surface area (Å²) in [5.41, 5.74) is 1.26. The van der Waals surface area contributed by atoms with Crippen LogP contribution in [0.25, 0.3) is 0 Å². The minimum absolute atomic E-state index is 0.151. The van der Waals surface area contributed by atoms with Crippen LogP contribution < -0.4 is 5.32 Å². The Hall–Kier alpha value is -2.17. The number of nitrogens with zero attached hydrogens (tertiary/aromatic N) is 1. The zero-order chi connectivity index (χ0) is 16.4. The molecule has 5 nitrogen and oxygen atoms in total. The molecule has 1 heterocycles. The van der Waals surface area contributed by atoms with E-state index in [2.05, 4.69) is 12.2 Å². The van der Waals surface area contributed by atoms with Crippen LogP contribution in [0.1, 0.15) is 48.5 Å². The second-order valence-electron chi connectivity index (χ2n) is 6.55. The Morgan fingerprint density at radius 2 is 1.96 bits per heavy atom. The second kappa shape index (κ2) is 6.52. The van der Waals surface area contributed by atoms with Crippen molar-refractivity contribution in [2.45, 2.75) is 45.1 Å². The molecule has 1 aromatic carbocycles. The van der Waals surface area contributed by atoms with E-state index in [-0.39, 0.29) is 36.7 Å². The van der Waals surface area contributed by atoms with E-state index in [1.54, 1.807) is 18.2 Å². The standard InChI is InChI=1S/C18H22N2O3/c1-12-6-2-5-9-15(12)19-16(21)11-20-17(22)10-13-7-3-4-8-14(13)18(20)23/h3-4,7-8,12,15H,2,5-6,9-11H2,1H3,(H,19,21)/t12-,15-/m1/s1. The molecule has 0 saturated heterocycles. The van der Waals surface area contributed by atoms with Gasteiger partial charge >= 0.3 is 0 Å². The zero-order valence-corrected chi connectivity index (χ0v) is 13.4. The number of carbonyl (C=O) groups excluding carboxylic acids is 3. The van der Waals surface area contributed by atoms with Gasteiger partial charge in [-0.25, -0.2) is 0 Å². The minimum Gasteiger partial charge on any atom is -0.352 e. The summed E-state index contributed by atoms with van der Waals surface area (Å²) in [6.45, 7) is 1.95. The Morgan fingerprint density at radius 1 is 1.22 bits per heavy atom. The summed E-state index contributed by atoms with van der Waals surface area (Å²) in [7, 11) is 0. The van der Waals surface area contributed by atoms with Crippen LogP contribution in [-0.2, 0) is 16.0 Å². The van der Waals surface area contributed by atoms with Crippen LogP contribution >= 0.6 is 0 Å². The van der Waals surface area contributed by atoms with E-state index in [1.165, 1.54) is 6.42 Å². The fraction of sp³-hybridized carbons (Fsp3) is 0.500. The van der Waals surface area contributed by atoms with Crippen LogP contribution in [0.5, 0.6) is 0 Å². The number of amides is 3. The summed E-state index contributed by atoms with van der Waals surface area (Å²) in [5.74, 6) is -0.477. The number of rotatable bonds is 3. The summed E-state index contributed by atoms with van der Waals surface area (Å²) in [4.78, 5) is 38.0. The molecule has 0 spiro atoms. The highest BCUT2D eigenvalue weighted by Crippen LogP contribution is 2.24. The lowest BCUT2D eigenvalue weighted by Gasteiger charge is -2.31. The molecular formula is C18H22N2O3. The number of benzene rings is 1. The molecule has 23 heavy (non-hydrogen) atoms. The molecule has 1 saturated carbocycles. The van der Waals surface area contributed by atoms with Gasteiger partial charge in [0.05, 0.1) is 6.42 Å². The van der Waals surface area contributed by atoms with Crippen molar-refractivity contribution in [1.29, 1.82) is 0 Å². The first-order valence-corrected chi connectivity index (χ1v) is 8.28. The second-order valence-corrected chi connectivity index (χ2v) is 6.55. The smallest absolute Gasteiger partial charge is 0.261 e. The molecular weight excluding hydrogens is 292 g/mol. The molecule has 2 aliphatic rings. The van der Waals surface area contributed by atoms with E-state index in [4.69, 9.17) is 0 Å². The molecule has 0 radical (unpaired) electrons. The Balaban J connectivity index is 1.66. The van der Waals surface area contributed by atoms with E-state index >= 15 is 0 Å². The topological polar surface area (TPSA) is 66.5 Å². The van der Waals surface area contributed by atoms with E-state index in [9.17, 15) is 14.4 Å². The molecule has 0 bridgehead atoms. The summed E-state index contributed by atoms with van der Waals surface area (Å²) >= 11 is 0. The van der Waals surface area contributed by atoms with Gasteiger partial charge in [-0.2, -0.15) is 0 Å². The molecule has 1 aliphatic carbocycles. The van der Waals surface area contributed by atoms with E-state index in [0.717, 1.165) is 29.7 Å². The maximum atomic E-state index is 12.4. The van der Waals surface area contributed by atoms with Crippen molar-refractivity contribution in [1.82, 2.24) is 10.2 Å². The van der Waals surface area contributed by atoms with Crippen LogP contribution in [0.15, 0.2) is 24.3 Å². The number of hydrogen-bond acceptors (Lipinski definition) is 3. The van der Waals surface area contributed by atoms with E-state index < -0.39 is 0 Å². The highest BCUT2D eigenvalue weighted by atomic mass is 16.2. The number of hydrogen-bond donors (Lipinski definition) is 1. The molecule has 1 aromatic rings. The lowest BCUT2D eigenvalue weighted by molar-refractivity contribution is -0.133. The van der Waals surface area contributed by atoms with Gasteiger partial charge in [0.2, 0.25) is 11.8 Å². The number of imide groups is 1. The van der Waals surface area contributed by atoms with Crippen molar-refractivity contribution in [3.8, 4) is 0 Å². The molecule has 122 valence electrons. The van der Waals surface area contributed by atoms with Crippen molar-refractivity contribution in [3.63, 3.8) is 0 Å². The molecule has 5 heteroatoms. The van der Waals surface area contributed by atoms with Gasteiger partial charge in [-0.1, -0.05) is 38.0 Å². The highest BCUT2D eigenvalue weighted by molar-refractivity contribution is 6.11. The molecule has 3 amide bonds. The van der Waals surface area contributed by atoms with Gasteiger partial charge in [0.15, 0.2) is 0 Å². The summed E-state index contributed by atoms with van der Waals surface area (Å²) < 4.78 is 0. The van der Waals surface area contributed by atoms with Gasteiger partial charge in [-0.3, -0.25) is 19.3 Å². The Kier molecular flexibility index (Phi) is 4.46. The predicted molar refractivity (Wildman–Crippen MR) is 85.8 cm³/mol. The third-order valence-electron chi connectivity index (χ3n) is 4.90. The quantitative estimate of drug-likeness (QED) is 0.867. The van der Waals surface area contributed by atoms with E-state index in [0.29, 0.717) is 11.5 Å². The highest BCUT2D eigenvalue weighted by Gasteiger charge is 2.32. The van der Waals surface area contributed by atoms with Crippen molar-refractivity contribution in [3.05, 3.63) is 35.4 Å². The van der Waals surface area contributed by atoms with E-state index in [1.807, 2.05) is 6.07 Å². The minimum atomic E-state index is -0.372. The Morgan fingerprint density at radius 3 is 2.74 bits per heavy atom. The predicted octanol–water partition coefficient (Wildman–Crippen LogP) is 1.91. The van der Waals surface area contributed by atoms with Gasteiger partial charge in [-0.15, -0.1) is 0 Å². The molecule has 2 atom stereocenters. The van der Waals surface area contributed by atoms with Gasteiger partial charge in [0.25, 0.3) is 5.91 Å². The molecule has 3 rings (SSSR count). The van der Waals surface area contributed by atoms with Crippen LogP contribution in [0.4, 0.5) is 0 Å². The average molecular weight is 314 g/mol. The maximum Gasteiger partial charge on any atom is 0.261 e. The molecule has 1 N–H and O–H groups in total. The van der Waals surface area contributed by atoms with Crippen LogP contribution in [0, 0.1) is 5.92 Å².